The van der Waals surface area contributed by atoms with Gasteiger partial charge in [-0.2, -0.15) is 15.1 Å². The van der Waals surface area contributed by atoms with Crippen molar-refractivity contribution in [3.8, 4) is 5.75 Å². The van der Waals surface area contributed by atoms with Crippen LogP contribution < -0.4 is 9.64 Å². The van der Waals surface area contributed by atoms with Crippen molar-refractivity contribution in [3.63, 3.8) is 0 Å². The van der Waals surface area contributed by atoms with E-state index in [9.17, 15) is 42.5 Å². The van der Waals surface area contributed by atoms with Gasteiger partial charge >= 0.3 is 13.6 Å². The van der Waals surface area contributed by atoms with Crippen LogP contribution in [0.25, 0.3) is 11.0 Å². The van der Waals surface area contributed by atoms with Gasteiger partial charge < -0.3 is 72.3 Å². The summed E-state index contributed by atoms with van der Waals surface area (Å²) in [7, 11) is -4.29. The van der Waals surface area contributed by atoms with Crippen LogP contribution >= 0.6 is 42.6 Å². The Labute approximate surface area is 454 Å². The number of aliphatic hydroxyl groups excluding tert-OH is 2. The minimum Gasteiger partial charge on any atom is -0.420 e. The molecule has 5 aromatic rings. The molecule has 4 N–H and O–H groups in total. The summed E-state index contributed by atoms with van der Waals surface area (Å²) in [5.41, 5.74) is 1.20. The number of halogens is 5. The fourth-order valence-electron chi connectivity index (χ4n) is 7.15. The number of esters is 1. The molecule has 0 spiro atoms. The van der Waals surface area contributed by atoms with Gasteiger partial charge in [0.05, 0.1) is 148 Å². The molecule has 4 atom stereocenters. The number of nitrogens with zero attached hydrogens (tertiary/aromatic N) is 8. The molecule has 31 heteroatoms. The summed E-state index contributed by atoms with van der Waals surface area (Å²) >= 11 is 13.9. The Bertz CT molecular complexity index is 2610. The number of anilines is 1. The zero-order valence-corrected chi connectivity index (χ0v) is 44.7. The summed E-state index contributed by atoms with van der Waals surface area (Å²) in [6.45, 7) is 5.68. The van der Waals surface area contributed by atoms with Crippen molar-refractivity contribution in [1.29, 1.82) is 0 Å². The number of thioether (sulfide) groups is 1. The van der Waals surface area contributed by atoms with Crippen molar-refractivity contribution < 1.29 is 89.9 Å². The zero-order chi connectivity index (χ0) is 55.0. The van der Waals surface area contributed by atoms with E-state index >= 15 is 0 Å². The highest BCUT2D eigenvalue weighted by molar-refractivity contribution is 8.04. The molecule has 1 saturated heterocycles. The first-order valence-corrected chi connectivity index (χ1v) is 27.8. The lowest BCUT2D eigenvalue weighted by atomic mass is 10.1. The molecule has 1 fully saturated rings. The number of benzene rings is 2. The Morgan fingerprint density at radius 3 is 2.03 bits per heavy atom. The van der Waals surface area contributed by atoms with Gasteiger partial charge in [0, 0.05) is 36.0 Å². The quantitative estimate of drug-likeness (QED) is 0.0143. The lowest BCUT2D eigenvalue weighted by molar-refractivity contribution is -0.136. The van der Waals surface area contributed by atoms with E-state index in [0.29, 0.717) is 126 Å². The predicted molar refractivity (Wildman–Crippen MR) is 270 cm³/mol. The van der Waals surface area contributed by atoms with E-state index in [0.717, 1.165) is 17.3 Å². The van der Waals surface area contributed by atoms with Crippen LogP contribution in [0, 0.1) is 17.5 Å². The molecular weight excluding hydrogens is 1110 g/mol. The largest absolute Gasteiger partial charge is 0.420 e. The Morgan fingerprint density at radius 1 is 0.792 bits per heavy atom. The van der Waals surface area contributed by atoms with Crippen LogP contribution in [0.3, 0.4) is 0 Å². The Kier molecular flexibility index (Phi) is 26.4. The maximum atomic E-state index is 13.6. The third-order valence-corrected chi connectivity index (χ3v) is 14.0. The van der Waals surface area contributed by atoms with Gasteiger partial charge in [-0.1, -0.05) is 35.0 Å². The first-order valence-electron chi connectivity index (χ1n) is 24.1. The second-order valence-electron chi connectivity index (χ2n) is 16.6. The topological polar surface area (TPSA) is 285 Å². The minimum absolute atomic E-state index is 0.0115. The molecular formula is C46H60Cl2F3N8O16PS. The smallest absolute Gasteiger partial charge is 0.335 e. The maximum absolute atomic E-state index is 13.6. The van der Waals surface area contributed by atoms with Crippen molar-refractivity contribution in [2.75, 3.05) is 122 Å². The first kappa shape index (κ1) is 62.0. The summed E-state index contributed by atoms with van der Waals surface area (Å²) in [5.74, 6) is -5.24. The highest BCUT2D eigenvalue weighted by Gasteiger charge is 2.45. The molecule has 0 saturated carbocycles. The lowest BCUT2D eigenvalue weighted by Gasteiger charge is -2.25. The summed E-state index contributed by atoms with van der Waals surface area (Å²) in [4.78, 5) is 41.0. The van der Waals surface area contributed by atoms with Gasteiger partial charge in [0.15, 0.2) is 23.5 Å². The molecule has 426 valence electrons. The SMILES string of the molecule is O=C(CCOCCOCCOCCOCCn1cc(COCCOCCOCCOCCN(Cc2ccccc2Cl)c2nc(Cl)nc3c2cnn3[C@@H]2O[C@H](CSCP(=O)(O)O)[C@@H](O)[C@H]2O)nn1)Oc1c(F)cc(F)cc1F. The van der Waals surface area contributed by atoms with E-state index in [1.807, 2.05) is 23.1 Å². The highest BCUT2D eigenvalue weighted by atomic mass is 35.5. The standard InChI is InChI=1S/C46H60Cl2F3N8O16PS/c47-35-4-2-1-3-31(35)26-57(43-34-25-52-59(44(34)54-46(48)53-43)45-41(62)40(61)38(74-45)29-77-30-76(63,64)65)6-9-67-12-15-70-19-20-72-21-22-73-28-33-27-58(56-55-33)7-10-68-13-16-71-18-17-69-14-11-66-8-5-39(60)75-42-36(50)23-32(49)24-37(42)51/h1-4,23-25,27,38,40-41,45,61-62H,5-22,26,28-30H2,(H2,63,64,65)/t38-,40-,41-,45-/m1/s1. The van der Waals surface area contributed by atoms with Crippen LogP contribution in [-0.2, 0) is 71.7 Å². The average Bonchev–Trinajstić information content (AvgIpc) is 4.14. The van der Waals surface area contributed by atoms with Gasteiger partial charge in [-0.05, 0) is 23.2 Å². The molecule has 0 aliphatic carbocycles. The summed E-state index contributed by atoms with van der Waals surface area (Å²) in [5, 5.41) is 35.1. The molecule has 2 aromatic carbocycles. The van der Waals surface area contributed by atoms with E-state index in [1.165, 1.54) is 10.9 Å². The van der Waals surface area contributed by atoms with Crippen molar-refractivity contribution >= 4 is 65.4 Å². The lowest BCUT2D eigenvalue weighted by Crippen LogP contribution is -2.33. The number of aromatic nitrogens is 7. The number of ether oxygens (including phenoxy) is 10. The third-order valence-electron chi connectivity index (χ3n) is 10.8. The summed E-state index contributed by atoms with van der Waals surface area (Å²) in [6, 6.07) is 8.17. The number of hydrogen-bond acceptors (Lipinski definition) is 21. The Morgan fingerprint density at radius 2 is 1.39 bits per heavy atom. The monoisotopic (exact) mass is 1170 g/mol. The van der Waals surface area contributed by atoms with Crippen LogP contribution in [0.5, 0.6) is 5.75 Å². The van der Waals surface area contributed by atoms with E-state index < -0.39 is 66.8 Å². The average molecular weight is 1170 g/mol. The summed E-state index contributed by atoms with van der Waals surface area (Å²) < 4.78 is 110. The second-order valence-corrected chi connectivity index (χ2v) is 20.5. The van der Waals surface area contributed by atoms with Crippen molar-refractivity contribution in [3.05, 3.63) is 87.8 Å². The molecule has 1 aliphatic rings. The van der Waals surface area contributed by atoms with Crippen LogP contribution in [0.4, 0.5) is 19.0 Å². The highest BCUT2D eigenvalue weighted by Crippen LogP contribution is 2.41. The molecule has 0 unspecified atom stereocenters. The van der Waals surface area contributed by atoms with E-state index in [-0.39, 0.29) is 56.1 Å². The maximum Gasteiger partial charge on any atom is 0.335 e. The number of rotatable bonds is 38. The van der Waals surface area contributed by atoms with Gasteiger partial charge in [-0.3, -0.25) is 9.36 Å². The molecule has 6 rings (SSSR count). The number of carbonyl (C=O) groups is 1. The Hall–Kier alpha value is -4.17. The van der Waals surface area contributed by atoms with Crippen molar-refractivity contribution in [2.45, 2.75) is 50.7 Å². The molecule has 0 radical (unpaired) electrons. The van der Waals surface area contributed by atoms with Gasteiger partial charge in [0.2, 0.25) is 11.0 Å². The molecule has 3 aromatic heterocycles. The minimum atomic E-state index is -4.29. The summed E-state index contributed by atoms with van der Waals surface area (Å²) in [6.07, 6.45) is -1.93. The number of carbonyl (C=O) groups excluding carboxylic acids is 1. The van der Waals surface area contributed by atoms with Crippen LogP contribution in [-0.4, -0.2) is 196 Å². The van der Waals surface area contributed by atoms with E-state index in [1.54, 1.807) is 16.9 Å². The fraction of sp³-hybridized carbons (Fsp3) is 0.565. The second kappa shape index (κ2) is 32.8. The number of hydrogen-bond donors (Lipinski definition) is 4. The Balaban J connectivity index is 0.769. The molecule has 1 aliphatic heterocycles. The normalized spacial score (nSPS) is 16.7. The zero-order valence-electron chi connectivity index (χ0n) is 41.5. The van der Waals surface area contributed by atoms with E-state index in [4.69, 9.17) is 65.8 Å². The first-order chi connectivity index (χ1) is 37.2. The van der Waals surface area contributed by atoms with Crippen LogP contribution in [0.2, 0.25) is 10.3 Å². The van der Waals surface area contributed by atoms with Gasteiger partial charge in [0.1, 0.15) is 29.5 Å². The fourth-order valence-corrected chi connectivity index (χ4v) is 9.39. The third kappa shape index (κ3) is 21.1. The number of aliphatic hydroxyl groups is 2. The van der Waals surface area contributed by atoms with Gasteiger partial charge in [0.25, 0.3) is 0 Å². The van der Waals surface area contributed by atoms with Crippen LogP contribution in [0.1, 0.15) is 23.9 Å². The van der Waals surface area contributed by atoms with Gasteiger partial charge in [-0.15, -0.1) is 16.9 Å². The molecule has 24 nitrogen and oxygen atoms in total. The van der Waals surface area contributed by atoms with Crippen molar-refractivity contribution in [1.82, 2.24) is 34.7 Å². The van der Waals surface area contributed by atoms with Crippen molar-refractivity contribution in [2.24, 2.45) is 0 Å². The molecule has 77 heavy (non-hydrogen) atoms. The number of fused-ring (bicyclic) bond motifs is 1. The molecule has 0 bridgehead atoms. The van der Waals surface area contributed by atoms with Gasteiger partial charge in [-0.25, -0.2) is 22.5 Å². The van der Waals surface area contributed by atoms with E-state index in [2.05, 4.69) is 30.1 Å². The molecule has 0 amide bonds. The van der Waals surface area contributed by atoms with Crippen LogP contribution in [0.15, 0.2) is 48.8 Å². The predicted octanol–water partition coefficient (Wildman–Crippen LogP) is 3.96. The molecule has 4 heterocycles.